The molecule has 23 heavy (non-hydrogen) atoms. The summed E-state index contributed by atoms with van der Waals surface area (Å²) in [5.41, 5.74) is 1.13. The van der Waals surface area contributed by atoms with Crippen molar-refractivity contribution < 1.29 is 14.3 Å². The molecule has 0 N–H and O–H groups in total. The zero-order valence-electron chi connectivity index (χ0n) is 13.0. The largest absolute Gasteiger partial charge is 0.461 e. The van der Waals surface area contributed by atoms with Gasteiger partial charge in [-0.2, -0.15) is 0 Å². The molecule has 1 aliphatic heterocycles. The summed E-state index contributed by atoms with van der Waals surface area (Å²) in [5, 5.41) is 4.72. The minimum absolute atomic E-state index is 0.0586. The second-order valence-electron chi connectivity index (χ2n) is 6.08. The first kappa shape index (κ1) is 14.2. The lowest BCUT2D eigenvalue weighted by Crippen LogP contribution is -2.18. The summed E-state index contributed by atoms with van der Waals surface area (Å²) >= 11 is 0. The van der Waals surface area contributed by atoms with Gasteiger partial charge in [0.15, 0.2) is 6.10 Å². The van der Waals surface area contributed by atoms with Gasteiger partial charge in [-0.3, -0.25) is 0 Å². The van der Waals surface area contributed by atoms with Gasteiger partial charge >= 0.3 is 5.97 Å². The Balaban J connectivity index is 1.76. The molecule has 0 radical (unpaired) electrons. The van der Waals surface area contributed by atoms with Crippen molar-refractivity contribution in [2.45, 2.75) is 32.2 Å². The average molecular weight is 306 g/mol. The Labute approximate surface area is 134 Å². The zero-order valence-corrected chi connectivity index (χ0v) is 13.0. The minimum atomic E-state index is -0.456. The number of rotatable bonds is 3. The molecule has 1 fully saturated rings. The second-order valence-corrected chi connectivity index (χ2v) is 6.08. The lowest BCUT2D eigenvalue weighted by atomic mass is 9.97. The fraction of sp³-hybridized carbons (Fsp3) is 0.250. The number of cyclic esters (lactones) is 1. The monoisotopic (exact) mass is 306 g/mol. The summed E-state index contributed by atoms with van der Waals surface area (Å²) < 4.78 is 11.1. The van der Waals surface area contributed by atoms with E-state index in [2.05, 4.69) is 30.3 Å². The Morgan fingerprint density at radius 2 is 1.65 bits per heavy atom. The minimum Gasteiger partial charge on any atom is -0.461 e. The third-order valence-electron chi connectivity index (χ3n) is 4.44. The predicted molar refractivity (Wildman–Crippen MR) is 90.2 cm³/mol. The summed E-state index contributed by atoms with van der Waals surface area (Å²) in [6.07, 6.45) is 0.112. The van der Waals surface area contributed by atoms with Crippen molar-refractivity contribution in [1.29, 1.82) is 0 Å². The molecule has 3 aromatic carbocycles. The van der Waals surface area contributed by atoms with E-state index in [0.29, 0.717) is 13.0 Å². The molecule has 1 saturated heterocycles. The SMILES string of the molecule is CC1CC(OCc2c3ccccc3cc3ccccc23)C(=O)O1. The van der Waals surface area contributed by atoms with Crippen LogP contribution in [0, 0.1) is 0 Å². The third kappa shape index (κ3) is 2.57. The van der Waals surface area contributed by atoms with Crippen molar-refractivity contribution >= 4 is 27.5 Å². The van der Waals surface area contributed by atoms with Crippen LogP contribution in [0.3, 0.4) is 0 Å². The summed E-state index contributed by atoms with van der Waals surface area (Å²) in [6, 6.07) is 18.8. The molecule has 2 unspecified atom stereocenters. The van der Waals surface area contributed by atoms with E-state index in [-0.39, 0.29) is 12.1 Å². The van der Waals surface area contributed by atoms with Crippen LogP contribution in [0.5, 0.6) is 0 Å². The van der Waals surface area contributed by atoms with Crippen LogP contribution in [0.25, 0.3) is 21.5 Å². The topological polar surface area (TPSA) is 35.5 Å². The fourth-order valence-electron chi connectivity index (χ4n) is 3.30. The smallest absolute Gasteiger partial charge is 0.335 e. The van der Waals surface area contributed by atoms with Crippen LogP contribution in [-0.2, 0) is 20.9 Å². The van der Waals surface area contributed by atoms with E-state index >= 15 is 0 Å². The van der Waals surface area contributed by atoms with Gasteiger partial charge in [-0.1, -0.05) is 48.5 Å². The van der Waals surface area contributed by atoms with E-state index in [4.69, 9.17) is 9.47 Å². The van der Waals surface area contributed by atoms with Gasteiger partial charge < -0.3 is 9.47 Å². The lowest BCUT2D eigenvalue weighted by molar-refractivity contribution is -0.149. The molecule has 1 heterocycles. The van der Waals surface area contributed by atoms with Crippen LogP contribution in [0.4, 0.5) is 0 Å². The highest BCUT2D eigenvalue weighted by Gasteiger charge is 2.32. The van der Waals surface area contributed by atoms with Gasteiger partial charge in [0.05, 0.1) is 6.61 Å². The number of benzene rings is 3. The van der Waals surface area contributed by atoms with E-state index in [9.17, 15) is 4.79 Å². The molecule has 2 atom stereocenters. The molecular formula is C20H18O3. The summed E-state index contributed by atoms with van der Waals surface area (Å²) in [6.45, 7) is 2.31. The zero-order chi connectivity index (χ0) is 15.8. The third-order valence-corrected chi connectivity index (χ3v) is 4.44. The first-order chi connectivity index (χ1) is 11.2. The predicted octanol–water partition coefficient (Wildman–Crippen LogP) is 4.21. The van der Waals surface area contributed by atoms with Gasteiger partial charge in [-0.05, 0) is 40.1 Å². The number of carbonyl (C=O) groups excluding carboxylic acids is 1. The van der Waals surface area contributed by atoms with Crippen molar-refractivity contribution in [2.24, 2.45) is 0 Å². The molecule has 1 aliphatic rings. The van der Waals surface area contributed by atoms with Crippen molar-refractivity contribution in [2.75, 3.05) is 0 Å². The highest BCUT2D eigenvalue weighted by molar-refractivity contribution is 6.02. The fourth-order valence-corrected chi connectivity index (χ4v) is 3.30. The molecule has 3 aromatic rings. The molecule has 0 bridgehead atoms. The highest BCUT2D eigenvalue weighted by Crippen LogP contribution is 2.30. The van der Waals surface area contributed by atoms with Crippen LogP contribution in [0.2, 0.25) is 0 Å². The molecule has 4 rings (SSSR count). The summed E-state index contributed by atoms with van der Waals surface area (Å²) in [5.74, 6) is -0.248. The number of fused-ring (bicyclic) bond motifs is 2. The van der Waals surface area contributed by atoms with E-state index < -0.39 is 6.10 Å². The van der Waals surface area contributed by atoms with E-state index in [1.807, 2.05) is 31.2 Å². The Morgan fingerprint density at radius 3 is 2.22 bits per heavy atom. The molecule has 0 aromatic heterocycles. The van der Waals surface area contributed by atoms with Crippen molar-refractivity contribution in [3.05, 3.63) is 60.2 Å². The molecule has 0 spiro atoms. The van der Waals surface area contributed by atoms with Crippen molar-refractivity contribution in [3.63, 3.8) is 0 Å². The number of ether oxygens (including phenoxy) is 2. The van der Waals surface area contributed by atoms with Crippen LogP contribution in [-0.4, -0.2) is 18.2 Å². The van der Waals surface area contributed by atoms with Gasteiger partial charge in [0.1, 0.15) is 6.10 Å². The molecule has 116 valence electrons. The Bertz CT molecular complexity index is 830. The van der Waals surface area contributed by atoms with Crippen molar-refractivity contribution in [3.8, 4) is 0 Å². The maximum Gasteiger partial charge on any atom is 0.335 e. The maximum absolute atomic E-state index is 11.8. The molecule has 0 aliphatic carbocycles. The lowest BCUT2D eigenvalue weighted by Gasteiger charge is -2.14. The highest BCUT2D eigenvalue weighted by atomic mass is 16.6. The quantitative estimate of drug-likeness (QED) is 0.537. The summed E-state index contributed by atoms with van der Waals surface area (Å²) in [7, 11) is 0. The molecule has 3 heteroatoms. The Kier molecular flexibility index (Phi) is 3.50. The number of carbonyl (C=O) groups is 1. The molecule has 0 amide bonds. The van der Waals surface area contributed by atoms with Gasteiger partial charge in [0, 0.05) is 6.42 Å². The molecular weight excluding hydrogens is 288 g/mol. The van der Waals surface area contributed by atoms with Crippen molar-refractivity contribution in [1.82, 2.24) is 0 Å². The average Bonchev–Trinajstić information content (AvgIpc) is 2.89. The van der Waals surface area contributed by atoms with Gasteiger partial charge in [-0.25, -0.2) is 4.79 Å². The number of hydrogen-bond donors (Lipinski definition) is 0. The first-order valence-electron chi connectivity index (χ1n) is 7.94. The van der Waals surface area contributed by atoms with Gasteiger partial charge in [-0.15, -0.1) is 0 Å². The summed E-state index contributed by atoms with van der Waals surface area (Å²) in [4.78, 5) is 11.8. The maximum atomic E-state index is 11.8. The van der Waals surface area contributed by atoms with Gasteiger partial charge in [0.25, 0.3) is 0 Å². The molecule has 0 saturated carbocycles. The van der Waals surface area contributed by atoms with E-state index in [0.717, 1.165) is 5.56 Å². The second kappa shape index (κ2) is 5.67. The Morgan fingerprint density at radius 1 is 1.04 bits per heavy atom. The number of hydrogen-bond acceptors (Lipinski definition) is 3. The first-order valence-corrected chi connectivity index (χ1v) is 7.94. The van der Waals surface area contributed by atoms with Crippen LogP contribution < -0.4 is 0 Å². The number of esters is 1. The van der Waals surface area contributed by atoms with Crippen LogP contribution in [0.1, 0.15) is 18.9 Å². The van der Waals surface area contributed by atoms with Gasteiger partial charge in [0.2, 0.25) is 0 Å². The Hall–Kier alpha value is -2.39. The molecule has 3 nitrogen and oxygen atoms in total. The van der Waals surface area contributed by atoms with Crippen LogP contribution in [0.15, 0.2) is 54.6 Å². The van der Waals surface area contributed by atoms with E-state index in [1.165, 1.54) is 21.5 Å². The normalized spacial score (nSPS) is 21.0. The van der Waals surface area contributed by atoms with Crippen LogP contribution >= 0.6 is 0 Å². The van der Waals surface area contributed by atoms with E-state index in [1.54, 1.807) is 0 Å². The standard InChI is InChI=1S/C20H18O3/c1-13-10-19(20(21)23-13)22-12-18-16-8-4-2-6-14(16)11-15-7-3-5-9-17(15)18/h2-9,11,13,19H,10,12H2,1H3.